The van der Waals surface area contributed by atoms with E-state index in [0.717, 1.165) is 0 Å². The van der Waals surface area contributed by atoms with Crippen molar-refractivity contribution in [1.29, 1.82) is 0 Å². The van der Waals surface area contributed by atoms with Crippen LogP contribution in [0.5, 0.6) is 0 Å². The summed E-state index contributed by atoms with van der Waals surface area (Å²) in [5, 5.41) is 23.0. The predicted molar refractivity (Wildman–Crippen MR) is 156 cm³/mol. The number of para-hydroxylation sites is 1. The van der Waals surface area contributed by atoms with Crippen molar-refractivity contribution in [3.05, 3.63) is 95.0 Å². The Kier molecular flexibility index (Phi) is 10.6. The number of aliphatic hydroxyl groups is 1. The minimum Gasteiger partial charge on any atom is -0.407 e. The molecular formula is C29H38N2O6SSi. The first-order chi connectivity index (χ1) is 18.6. The lowest BCUT2D eigenvalue weighted by molar-refractivity contribution is -0.387. The summed E-state index contributed by atoms with van der Waals surface area (Å²) in [6.07, 6.45) is 1.34. The molecule has 0 spiro atoms. The summed E-state index contributed by atoms with van der Waals surface area (Å²) in [5.41, 5.74) is -0.457. The van der Waals surface area contributed by atoms with E-state index in [0.29, 0.717) is 19.4 Å². The second-order valence-corrected chi connectivity index (χ2v) is 16.6. The Labute approximate surface area is 232 Å². The van der Waals surface area contributed by atoms with Crippen molar-refractivity contribution in [3.63, 3.8) is 0 Å². The second kappa shape index (κ2) is 13.4. The average molecular weight is 571 g/mol. The minimum atomic E-state index is -4.13. The van der Waals surface area contributed by atoms with Gasteiger partial charge in [0.1, 0.15) is 0 Å². The molecule has 0 aliphatic heterocycles. The molecule has 210 valence electrons. The average Bonchev–Trinajstić information content (AvgIpc) is 2.92. The topological polar surface area (TPSA) is 110 Å². The van der Waals surface area contributed by atoms with Crippen LogP contribution in [0.15, 0.2) is 89.8 Å². The van der Waals surface area contributed by atoms with Gasteiger partial charge in [0.15, 0.2) is 4.90 Å². The molecule has 3 rings (SSSR count). The van der Waals surface area contributed by atoms with Crippen molar-refractivity contribution in [3.8, 4) is 0 Å². The SMILES string of the molecule is CC(C)(C)[Si](OCCCCN(CCCO)S(=O)(=O)c1ccccc1[N+](=O)[O-])(c1ccccc1)c1ccccc1. The molecule has 0 aliphatic rings. The molecule has 3 aromatic rings. The number of rotatable bonds is 14. The second-order valence-electron chi connectivity index (χ2n) is 10.4. The van der Waals surface area contributed by atoms with E-state index in [-0.39, 0.29) is 36.1 Å². The van der Waals surface area contributed by atoms with Gasteiger partial charge in [-0.15, -0.1) is 0 Å². The van der Waals surface area contributed by atoms with E-state index in [1.54, 1.807) is 0 Å². The highest BCUT2D eigenvalue weighted by Crippen LogP contribution is 2.37. The molecular weight excluding hydrogens is 532 g/mol. The molecule has 0 aliphatic carbocycles. The molecule has 1 N–H and O–H groups in total. The van der Waals surface area contributed by atoms with E-state index < -0.39 is 29.0 Å². The van der Waals surface area contributed by atoms with Gasteiger partial charge in [0.25, 0.3) is 14.0 Å². The number of aliphatic hydroxyl groups excluding tert-OH is 1. The van der Waals surface area contributed by atoms with Gasteiger partial charge in [-0.1, -0.05) is 93.6 Å². The fraction of sp³-hybridized carbons (Fsp3) is 0.379. The molecule has 0 bridgehead atoms. The molecule has 0 amide bonds. The summed E-state index contributed by atoms with van der Waals surface area (Å²) < 4.78 is 34.9. The van der Waals surface area contributed by atoms with Crippen LogP contribution >= 0.6 is 0 Å². The molecule has 0 atom stereocenters. The first-order valence-corrected chi connectivity index (χ1v) is 16.5. The van der Waals surface area contributed by atoms with Crippen LogP contribution in [-0.4, -0.2) is 57.4 Å². The lowest BCUT2D eigenvalue weighted by Gasteiger charge is -2.43. The number of benzene rings is 3. The summed E-state index contributed by atoms with van der Waals surface area (Å²) in [5.74, 6) is 0. The third-order valence-corrected chi connectivity index (χ3v) is 13.8. The fourth-order valence-electron chi connectivity index (χ4n) is 4.94. The van der Waals surface area contributed by atoms with Gasteiger partial charge < -0.3 is 9.53 Å². The van der Waals surface area contributed by atoms with E-state index in [1.807, 2.05) is 36.4 Å². The third-order valence-electron chi connectivity index (χ3n) is 6.78. The maximum atomic E-state index is 13.4. The number of sulfonamides is 1. The largest absolute Gasteiger partial charge is 0.407 e. The Morgan fingerprint density at radius 1 is 0.846 bits per heavy atom. The Bertz CT molecular complexity index is 1270. The van der Waals surface area contributed by atoms with Crippen molar-refractivity contribution in [1.82, 2.24) is 4.31 Å². The van der Waals surface area contributed by atoms with Crippen LogP contribution in [0.1, 0.15) is 40.0 Å². The molecule has 0 heterocycles. The molecule has 0 aromatic heterocycles. The Hall–Kier alpha value is -2.89. The number of nitrogens with zero attached hydrogens (tertiary/aromatic N) is 2. The number of hydrogen-bond acceptors (Lipinski definition) is 6. The van der Waals surface area contributed by atoms with E-state index in [1.165, 1.54) is 38.9 Å². The molecule has 0 fully saturated rings. The van der Waals surface area contributed by atoms with Crippen LogP contribution < -0.4 is 10.4 Å². The lowest BCUT2D eigenvalue weighted by Crippen LogP contribution is -2.66. The fourth-order valence-corrected chi connectivity index (χ4v) is 11.2. The van der Waals surface area contributed by atoms with E-state index in [4.69, 9.17) is 4.43 Å². The normalized spacial score (nSPS) is 12.5. The van der Waals surface area contributed by atoms with E-state index in [2.05, 4.69) is 45.0 Å². The maximum Gasteiger partial charge on any atom is 0.289 e. The molecule has 0 radical (unpaired) electrons. The first-order valence-electron chi connectivity index (χ1n) is 13.1. The minimum absolute atomic E-state index is 0.0699. The number of hydrogen-bond donors (Lipinski definition) is 1. The highest BCUT2D eigenvalue weighted by Gasteiger charge is 2.50. The van der Waals surface area contributed by atoms with Crippen molar-refractivity contribution < 1.29 is 22.9 Å². The highest BCUT2D eigenvalue weighted by atomic mass is 32.2. The molecule has 0 unspecified atom stereocenters. The van der Waals surface area contributed by atoms with Gasteiger partial charge in [-0.2, -0.15) is 4.31 Å². The molecule has 0 saturated heterocycles. The van der Waals surface area contributed by atoms with Gasteiger partial charge >= 0.3 is 0 Å². The zero-order valence-corrected chi connectivity index (χ0v) is 24.6. The van der Waals surface area contributed by atoms with Gasteiger partial charge in [0.2, 0.25) is 10.0 Å². The number of nitro benzene ring substituents is 1. The first kappa shape index (κ1) is 30.6. The van der Waals surface area contributed by atoms with Gasteiger partial charge in [-0.3, -0.25) is 10.1 Å². The van der Waals surface area contributed by atoms with E-state index >= 15 is 0 Å². The van der Waals surface area contributed by atoms with Crippen LogP contribution in [0.25, 0.3) is 0 Å². The molecule has 39 heavy (non-hydrogen) atoms. The van der Waals surface area contributed by atoms with Gasteiger partial charge in [0, 0.05) is 32.4 Å². The van der Waals surface area contributed by atoms with Crippen molar-refractivity contribution in [2.75, 3.05) is 26.3 Å². The third kappa shape index (κ3) is 7.01. The van der Waals surface area contributed by atoms with Crippen LogP contribution in [0.4, 0.5) is 5.69 Å². The monoisotopic (exact) mass is 570 g/mol. The number of unbranched alkanes of at least 4 members (excludes halogenated alkanes) is 1. The lowest BCUT2D eigenvalue weighted by atomic mass is 10.2. The summed E-state index contributed by atoms with van der Waals surface area (Å²) in [4.78, 5) is 10.5. The Morgan fingerprint density at radius 3 is 1.87 bits per heavy atom. The predicted octanol–water partition coefficient (Wildman–Crippen LogP) is 4.32. The zero-order chi connectivity index (χ0) is 28.5. The molecule has 8 nitrogen and oxygen atoms in total. The van der Waals surface area contributed by atoms with Crippen LogP contribution in [0, 0.1) is 10.1 Å². The molecule has 10 heteroatoms. The smallest absolute Gasteiger partial charge is 0.289 e. The summed E-state index contributed by atoms with van der Waals surface area (Å²) in [6, 6.07) is 26.0. The van der Waals surface area contributed by atoms with Crippen molar-refractivity contribution in [2.24, 2.45) is 0 Å². The summed E-state index contributed by atoms with van der Waals surface area (Å²) in [7, 11) is -6.82. The van der Waals surface area contributed by atoms with E-state index in [9.17, 15) is 23.6 Å². The van der Waals surface area contributed by atoms with Gasteiger partial charge in [0.05, 0.1) is 4.92 Å². The Balaban J connectivity index is 1.80. The van der Waals surface area contributed by atoms with Gasteiger partial charge in [-0.05, 0) is 40.7 Å². The summed E-state index contributed by atoms with van der Waals surface area (Å²) >= 11 is 0. The quantitative estimate of drug-likeness (QED) is 0.134. The van der Waals surface area contributed by atoms with Crippen LogP contribution in [0.3, 0.4) is 0 Å². The van der Waals surface area contributed by atoms with Crippen LogP contribution in [0.2, 0.25) is 5.04 Å². The Morgan fingerprint density at radius 2 is 1.36 bits per heavy atom. The standard InChI is InChI=1S/C29H38N2O6SSi/c1-29(2,3)39(25-15-6-4-7-16-25,26-17-8-5-9-18-26)37-24-13-12-21-30(22-14-23-32)38(35,36)28-20-11-10-19-27(28)31(33)34/h4-11,15-20,32H,12-14,21-24H2,1-3H3. The molecule has 0 saturated carbocycles. The van der Waals surface area contributed by atoms with Crippen molar-refractivity contribution in [2.45, 2.75) is 50.0 Å². The number of nitro groups is 1. The maximum absolute atomic E-state index is 13.4. The zero-order valence-electron chi connectivity index (χ0n) is 22.8. The summed E-state index contributed by atoms with van der Waals surface area (Å²) in [6.45, 7) is 7.10. The molecule has 3 aromatic carbocycles. The highest BCUT2D eigenvalue weighted by molar-refractivity contribution is 7.89. The van der Waals surface area contributed by atoms with Crippen LogP contribution in [-0.2, 0) is 14.4 Å². The van der Waals surface area contributed by atoms with Gasteiger partial charge in [-0.25, -0.2) is 8.42 Å². The van der Waals surface area contributed by atoms with Crippen molar-refractivity contribution >= 4 is 34.4 Å².